The fourth-order valence-electron chi connectivity index (χ4n) is 2.28. The Morgan fingerprint density at radius 3 is 2.95 bits per heavy atom. The maximum Gasteiger partial charge on any atom is 0.239 e. The maximum absolute atomic E-state index is 11.4. The van der Waals surface area contributed by atoms with Crippen molar-refractivity contribution in [3.05, 3.63) is 36.5 Å². The Bertz CT molecular complexity index is 621. The van der Waals surface area contributed by atoms with E-state index in [0.29, 0.717) is 19.6 Å². The highest BCUT2D eigenvalue weighted by Crippen LogP contribution is 2.16. The Kier molecular flexibility index (Phi) is 3.72. The molecule has 0 spiro atoms. The zero-order valence-corrected chi connectivity index (χ0v) is 11.9. The summed E-state index contributed by atoms with van der Waals surface area (Å²) in [7, 11) is 1.94. The van der Waals surface area contributed by atoms with Crippen molar-refractivity contribution < 1.29 is 4.79 Å². The van der Waals surface area contributed by atoms with E-state index in [4.69, 9.17) is 0 Å². The molecule has 0 radical (unpaired) electrons. The summed E-state index contributed by atoms with van der Waals surface area (Å²) < 4.78 is 1.91. The van der Waals surface area contributed by atoms with Gasteiger partial charge in [0.2, 0.25) is 5.91 Å². The van der Waals surface area contributed by atoms with Gasteiger partial charge in [0.25, 0.3) is 0 Å². The van der Waals surface area contributed by atoms with Crippen LogP contribution in [0.3, 0.4) is 0 Å². The molecule has 2 N–H and O–H groups in total. The number of amides is 1. The molecule has 0 unspecified atom stereocenters. The lowest BCUT2D eigenvalue weighted by atomic mass is 10.3. The van der Waals surface area contributed by atoms with Crippen LogP contribution in [0.25, 0.3) is 0 Å². The minimum atomic E-state index is 0.0543. The molecular weight excluding hydrogens is 268 g/mol. The second-order valence-corrected chi connectivity index (χ2v) is 5.06. The van der Waals surface area contributed by atoms with Crippen molar-refractivity contribution in [2.75, 3.05) is 29.9 Å². The topological polar surface area (TPSA) is 75.1 Å². The molecule has 2 aromatic heterocycles. The van der Waals surface area contributed by atoms with Gasteiger partial charge in [-0.05, 0) is 12.1 Å². The zero-order valence-electron chi connectivity index (χ0n) is 11.9. The van der Waals surface area contributed by atoms with Crippen molar-refractivity contribution in [1.29, 1.82) is 0 Å². The van der Waals surface area contributed by atoms with Crippen molar-refractivity contribution in [3.63, 3.8) is 0 Å². The number of carbonyl (C=O) groups excluding carboxylic acids is 1. The first-order chi connectivity index (χ1) is 10.2. The number of nitrogens with one attached hydrogen (secondary N) is 2. The van der Waals surface area contributed by atoms with Gasteiger partial charge in [-0.15, -0.1) is 0 Å². The van der Waals surface area contributed by atoms with Crippen LogP contribution in [0.15, 0.2) is 30.9 Å². The highest BCUT2D eigenvalue weighted by Gasteiger charge is 2.16. The zero-order chi connectivity index (χ0) is 14.7. The van der Waals surface area contributed by atoms with Crippen molar-refractivity contribution >= 4 is 17.4 Å². The average molecular weight is 286 g/mol. The molecule has 3 rings (SSSR count). The van der Waals surface area contributed by atoms with E-state index in [9.17, 15) is 4.79 Å². The minimum Gasteiger partial charge on any atom is -0.364 e. The van der Waals surface area contributed by atoms with Crippen molar-refractivity contribution in [1.82, 2.24) is 19.9 Å². The SMILES string of the molecule is Cn1cnc(CNc2ccc(N3CCNC(=O)C3)cn2)c1. The number of anilines is 2. The number of aryl methyl sites for hydroxylation is 1. The van der Waals surface area contributed by atoms with Crippen LogP contribution in [0.4, 0.5) is 11.5 Å². The Labute approximate surface area is 123 Å². The first-order valence-electron chi connectivity index (χ1n) is 6.89. The first-order valence-corrected chi connectivity index (χ1v) is 6.89. The summed E-state index contributed by atoms with van der Waals surface area (Å²) in [6.45, 7) is 2.52. The second kappa shape index (κ2) is 5.82. The smallest absolute Gasteiger partial charge is 0.239 e. The van der Waals surface area contributed by atoms with Crippen LogP contribution >= 0.6 is 0 Å². The average Bonchev–Trinajstić information content (AvgIpc) is 2.91. The van der Waals surface area contributed by atoms with Crippen LogP contribution in [0.1, 0.15) is 5.69 Å². The first kappa shape index (κ1) is 13.4. The number of hydrogen-bond acceptors (Lipinski definition) is 5. The number of nitrogens with zero attached hydrogens (tertiary/aromatic N) is 4. The van der Waals surface area contributed by atoms with Crippen LogP contribution < -0.4 is 15.5 Å². The summed E-state index contributed by atoms with van der Waals surface area (Å²) in [5, 5.41) is 6.04. The third-order valence-electron chi connectivity index (χ3n) is 3.36. The number of piperazine rings is 1. The Hall–Kier alpha value is -2.57. The van der Waals surface area contributed by atoms with Crippen molar-refractivity contribution in [2.45, 2.75) is 6.54 Å². The predicted molar refractivity (Wildman–Crippen MR) is 80.0 cm³/mol. The van der Waals surface area contributed by atoms with Gasteiger partial charge in [0.1, 0.15) is 5.82 Å². The molecule has 2 aromatic rings. The van der Waals surface area contributed by atoms with Crippen LogP contribution in [0.2, 0.25) is 0 Å². The molecule has 1 aliphatic rings. The van der Waals surface area contributed by atoms with Gasteiger partial charge < -0.3 is 20.1 Å². The summed E-state index contributed by atoms with van der Waals surface area (Å²) in [5.41, 5.74) is 1.93. The summed E-state index contributed by atoms with van der Waals surface area (Å²) in [6.07, 6.45) is 5.53. The number of aromatic nitrogens is 3. The van der Waals surface area contributed by atoms with Gasteiger partial charge in [0, 0.05) is 26.3 Å². The highest BCUT2D eigenvalue weighted by atomic mass is 16.2. The molecule has 110 valence electrons. The molecule has 1 saturated heterocycles. The minimum absolute atomic E-state index is 0.0543. The third kappa shape index (κ3) is 3.31. The van der Waals surface area contributed by atoms with E-state index in [0.717, 1.165) is 23.7 Å². The quantitative estimate of drug-likeness (QED) is 0.849. The maximum atomic E-state index is 11.4. The van der Waals surface area contributed by atoms with Gasteiger partial charge in [0.05, 0.1) is 37.0 Å². The molecule has 0 aromatic carbocycles. The van der Waals surface area contributed by atoms with E-state index >= 15 is 0 Å². The van der Waals surface area contributed by atoms with Crippen LogP contribution in [-0.4, -0.2) is 40.1 Å². The number of rotatable bonds is 4. The standard InChI is InChI=1S/C14H18N6O/c1-19-8-11(18-10-19)6-16-13-3-2-12(7-17-13)20-5-4-15-14(21)9-20/h2-3,7-8,10H,4-6,9H2,1H3,(H,15,21)(H,16,17). The molecule has 21 heavy (non-hydrogen) atoms. The van der Waals surface area contributed by atoms with E-state index in [1.165, 1.54) is 0 Å². The largest absolute Gasteiger partial charge is 0.364 e. The van der Waals surface area contributed by atoms with Gasteiger partial charge >= 0.3 is 0 Å². The molecule has 0 saturated carbocycles. The van der Waals surface area contributed by atoms with E-state index in [1.54, 1.807) is 12.5 Å². The molecule has 1 amide bonds. The second-order valence-electron chi connectivity index (χ2n) is 5.06. The molecule has 0 atom stereocenters. The van der Waals surface area contributed by atoms with E-state index < -0.39 is 0 Å². The van der Waals surface area contributed by atoms with Crippen LogP contribution in [-0.2, 0) is 18.4 Å². The molecule has 3 heterocycles. The van der Waals surface area contributed by atoms with Gasteiger partial charge in [-0.2, -0.15) is 0 Å². The number of pyridine rings is 1. The monoisotopic (exact) mass is 286 g/mol. The van der Waals surface area contributed by atoms with Crippen LogP contribution in [0, 0.1) is 0 Å². The normalized spacial score (nSPS) is 14.9. The van der Waals surface area contributed by atoms with Gasteiger partial charge in [-0.1, -0.05) is 0 Å². The summed E-state index contributed by atoms with van der Waals surface area (Å²) in [4.78, 5) is 22.0. The highest BCUT2D eigenvalue weighted by molar-refractivity contribution is 5.82. The van der Waals surface area contributed by atoms with Crippen molar-refractivity contribution in [2.24, 2.45) is 7.05 Å². The fraction of sp³-hybridized carbons (Fsp3) is 0.357. The lowest BCUT2D eigenvalue weighted by molar-refractivity contribution is -0.120. The Balaban J connectivity index is 1.59. The van der Waals surface area contributed by atoms with Gasteiger partial charge in [-0.3, -0.25) is 4.79 Å². The van der Waals surface area contributed by atoms with Crippen LogP contribution in [0.5, 0.6) is 0 Å². The van der Waals surface area contributed by atoms with E-state index in [1.807, 2.05) is 34.8 Å². The number of imidazole rings is 1. The summed E-state index contributed by atoms with van der Waals surface area (Å²) >= 11 is 0. The van der Waals surface area contributed by atoms with Crippen molar-refractivity contribution in [3.8, 4) is 0 Å². The molecule has 7 nitrogen and oxygen atoms in total. The fourth-order valence-corrected chi connectivity index (χ4v) is 2.28. The number of hydrogen-bond donors (Lipinski definition) is 2. The lowest BCUT2D eigenvalue weighted by Crippen LogP contribution is -2.47. The van der Waals surface area contributed by atoms with Gasteiger partial charge in [0.15, 0.2) is 0 Å². The lowest BCUT2D eigenvalue weighted by Gasteiger charge is -2.28. The summed E-state index contributed by atoms with van der Waals surface area (Å²) in [6, 6.07) is 3.90. The Morgan fingerprint density at radius 2 is 2.29 bits per heavy atom. The Morgan fingerprint density at radius 1 is 1.38 bits per heavy atom. The van der Waals surface area contributed by atoms with E-state index in [2.05, 4.69) is 20.6 Å². The molecular formula is C14H18N6O. The molecule has 0 aliphatic carbocycles. The molecule has 7 heteroatoms. The van der Waals surface area contributed by atoms with E-state index in [-0.39, 0.29) is 5.91 Å². The molecule has 1 aliphatic heterocycles. The predicted octanol–water partition coefficient (Wildman–Crippen LogP) is 0.363. The van der Waals surface area contributed by atoms with Gasteiger partial charge in [-0.25, -0.2) is 9.97 Å². The summed E-state index contributed by atoms with van der Waals surface area (Å²) in [5.74, 6) is 0.851. The number of carbonyl (C=O) groups is 1. The third-order valence-corrected chi connectivity index (χ3v) is 3.36. The molecule has 1 fully saturated rings. The molecule has 0 bridgehead atoms.